The van der Waals surface area contributed by atoms with E-state index >= 15 is 0 Å². The second kappa shape index (κ2) is 11.3. The van der Waals surface area contributed by atoms with Gasteiger partial charge < -0.3 is 29.6 Å². The highest BCUT2D eigenvalue weighted by Gasteiger charge is 2.20. The summed E-state index contributed by atoms with van der Waals surface area (Å²) in [6.45, 7) is 4.02. The van der Waals surface area contributed by atoms with Crippen LogP contribution in [0.15, 0.2) is 23.2 Å². The molecule has 1 aromatic carbocycles. The van der Waals surface area contributed by atoms with E-state index in [4.69, 9.17) is 18.9 Å². The largest absolute Gasteiger partial charge is 0.492 e. The third-order valence-corrected chi connectivity index (χ3v) is 4.04. The fraction of sp³-hybridized carbons (Fsp3) is 0.611. The minimum Gasteiger partial charge on any atom is -0.492 e. The average Bonchev–Trinajstić information content (AvgIpc) is 3.34. The molecular formula is C18H28IN3O4. The van der Waals surface area contributed by atoms with E-state index in [0.29, 0.717) is 13.2 Å². The topological polar surface area (TPSA) is 73.3 Å². The molecule has 1 aliphatic carbocycles. The SMILES string of the molecule is CN=C(NCCCOCC1CC1)NCCOc1ccc2c(c1)OCO2.I. The first-order chi connectivity index (χ1) is 12.3. The van der Waals surface area contributed by atoms with Crippen LogP contribution in [0.25, 0.3) is 0 Å². The van der Waals surface area contributed by atoms with Crippen molar-refractivity contribution in [2.45, 2.75) is 19.3 Å². The standard InChI is InChI=1S/C18H27N3O4.HI/c1-19-18(20-7-2-9-22-12-14-3-4-14)21-8-10-23-15-5-6-16-17(11-15)25-13-24-16;/h5-6,11,14H,2-4,7-10,12-13H2,1H3,(H2,19,20,21);1H. The van der Waals surface area contributed by atoms with E-state index in [1.54, 1.807) is 7.05 Å². The van der Waals surface area contributed by atoms with Crippen molar-refractivity contribution in [2.75, 3.05) is 46.8 Å². The van der Waals surface area contributed by atoms with E-state index < -0.39 is 0 Å². The van der Waals surface area contributed by atoms with Gasteiger partial charge in [-0.3, -0.25) is 4.99 Å². The molecule has 146 valence electrons. The fourth-order valence-corrected chi connectivity index (χ4v) is 2.44. The Hall–Kier alpha value is -1.42. The number of halogens is 1. The molecule has 0 atom stereocenters. The van der Waals surface area contributed by atoms with Crippen LogP contribution in [0.1, 0.15) is 19.3 Å². The van der Waals surface area contributed by atoms with E-state index in [9.17, 15) is 0 Å². The van der Waals surface area contributed by atoms with Gasteiger partial charge in [-0.05, 0) is 37.3 Å². The van der Waals surface area contributed by atoms with Gasteiger partial charge in [-0.25, -0.2) is 0 Å². The van der Waals surface area contributed by atoms with E-state index in [-0.39, 0.29) is 30.8 Å². The molecule has 2 N–H and O–H groups in total. The highest BCUT2D eigenvalue weighted by Crippen LogP contribution is 2.35. The molecule has 8 heteroatoms. The fourth-order valence-electron chi connectivity index (χ4n) is 2.44. The van der Waals surface area contributed by atoms with Crippen molar-refractivity contribution < 1.29 is 18.9 Å². The van der Waals surface area contributed by atoms with Crippen molar-refractivity contribution in [1.82, 2.24) is 10.6 Å². The van der Waals surface area contributed by atoms with Crippen molar-refractivity contribution in [3.8, 4) is 17.2 Å². The Labute approximate surface area is 171 Å². The molecular weight excluding hydrogens is 449 g/mol. The first-order valence-electron chi connectivity index (χ1n) is 8.90. The molecule has 0 aromatic heterocycles. The molecule has 1 fully saturated rings. The Bertz CT molecular complexity index is 582. The average molecular weight is 477 g/mol. The minimum atomic E-state index is 0. The molecule has 2 aliphatic rings. The molecule has 3 rings (SSSR count). The molecule has 26 heavy (non-hydrogen) atoms. The second-order valence-corrected chi connectivity index (χ2v) is 6.16. The van der Waals surface area contributed by atoms with Gasteiger partial charge in [0.2, 0.25) is 6.79 Å². The summed E-state index contributed by atoms with van der Waals surface area (Å²) in [6.07, 6.45) is 3.65. The number of rotatable bonds is 10. The van der Waals surface area contributed by atoms with Crippen molar-refractivity contribution in [3.05, 3.63) is 18.2 Å². The number of fused-ring (bicyclic) bond motifs is 1. The zero-order valence-corrected chi connectivity index (χ0v) is 17.5. The highest BCUT2D eigenvalue weighted by molar-refractivity contribution is 14.0. The van der Waals surface area contributed by atoms with Crippen LogP contribution in [0.5, 0.6) is 17.2 Å². The number of aliphatic imine (C=N–C) groups is 1. The summed E-state index contributed by atoms with van der Waals surface area (Å²) in [5.41, 5.74) is 0. The summed E-state index contributed by atoms with van der Waals surface area (Å²) in [7, 11) is 1.76. The van der Waals surface area contributed by atoms with Gasteiger partial charge in [0.15, 0.2) is 17.5 Å². The van der Waals surface area contributed by atoms with Crippen LogP contribution >= 0.6 is 24.0 Å². The van der Waals surface area contributed by atoms with E-state index in [2.05, 4.69) is 15.6 Å². The Morgan fingerprint density at radius 2 is 1.96 bits per heavy atom. The van der Waals surface area contributed by atoms with E-state index in [1.807, 2.05) is 18.2 Å². The molecule has 7 nitrogen and oxygen atoms in total. The van der Waals surface area contributed by atoms with Gasteiger partial charge in [0, 0.05) is 32.9 Å². The first kappa shape index (κ1) is 20.9. The quantitative estimate of drug-likeness (QED) is 0.234. The van der Waals surface area contributed by atoms with Gasteiger partial charge in [-0.2, -0.15) is 0 Å². The van der Waals surface area contributed by atoms with Crippen molar-refractivity contribution >= 4 is 29.9 Å². The van der Waals surface area contributed by atoms with Crippen LogP contribution in [0.2, 0.25) is 0 Å². The molecule has 0 saturated heterocycles. The van der Waals surface area contributed by atoms with Gasteiger partial charge in [0.25, 0.3) is 0 Å². The monoisotopic (exact) mass is 477 g/mol. The summed E-state index contributed by atoms with van der Waals surface area (Å²) in [4.78, 5) is 4.20. The Morgan fingerprint density at radius 3 is 2.77 bits per heavy atom. The van der Waals surface area contributed by atoms with Crippen LogP contribution in [0.4, 0.5) is 0 Å². The number of nitrogens with one attached hydrogen (secondary N) is 2. The molecule has 0 unspecified atom stereocenters. The number of guanidine groups is 1. The number of ether oxygens (including phenoxy) is 4. The molecule has 0 bridgehead atoms. The third kappa shape index (κ3) is 7.06. The molecule has 1 aliphatic heterocycles. The lowest BCUT2D eigenvalue weighted by Gasteiger charge is -2.12. The number of nitrogens with zero attached hydrogens (tertiary/aromatic N) is 1. The summed E-state index contributed by atoms with van der Waals surface area (Å²) < 4.78 is 21.9. The smallest absolute Gasteiger partial charge is 0.231 e. The first-order valence-corrected chi connectivity index (χ1v) is 8.90. The summed E-state index contributed by atoms with van der Waals surface area (Å²) in [5, 5.41) is 6.50. The van der Waals surface area contributed by atoms with Gasteiger partial charge in [-0.1, -0.05) is 0 Å². The Morgan fingerprint density at radius 1 is 1.15 bits per heavy atom. The van der Waals surface area contributed by atoms with Crippen LogP contribution < -0.4 is 24.8 Å². The minimum absolute atomic E-state index is 0. The van der Waals surface area contributed by atoms with Crippen molar-refractivity contribution in [3.63, 3.8) is 0 Å². The maximum atomic E-state index is 5.71. The van der Waals surface area contributed by atoms with Gasteiger partial charge in [0.05, 0.1) is 6.54 Å². The molecule has 1 heterocycles. The zero-order chi connectivity index (χ0) is 17.3. The molecule has 1 saturated carbocycles. The van der Waals surface area contributed by atoms with Crippen LogP contribution in [0.3, 0.4) is 0 Å². The van der Waals surface area contributed by atoms with E-state index in [1.165, 1.54) is 12.8 Å². The molecule has 1 aromatic rings. The summed E-state index contributed by atoms with van der Waals surface area (Å²) in [5.74, 6) is 3.86. The Kier molecular flexibility index (Phi) is 9.10. The van der Waals surface area contributed by atoms with Gasteiger partial charge in [-0.15, -0.1) is 24.0 Å². The lowest BCUT2D eigenvalue weighted by atomic mass is 10.3. The maximum Gasteiger partial charge on any atom is 0.231 e. The van der Waals surface area contributed by atoms with E-state index in [0.717, 1.165) is 55.3 Å². The predicted octanol–water partition coefficient (Wildman–Crippen LogP) is 2.39. The molecule has 0 spiro atoms. The predicted molar refractivity (Wildman–Crippen MR) is 111 cm³/mol. The van der Waals surface area contributed by atoms with Gasteiger partial charge in [0.1, 0.15) is 12.4 Å². The van der Waals surface area contributed by atoms with Gasteiger partial charge >= 0.3 is 0 Å². The third-order valence-electron chi connectivity index (χ3n) is 4.04. The molecule has 0 radical (unpaired) electrons. The normalized spacial score (nSPS) is 15.3. The van der Waals surface area contributed by atoms with Crippen molar-refractivity contribution in [1.29, 1.82) is 0 Å². The lowest BCUT2D eigenvalue weighted by molar-refractivity contribution is 0.123. The van der Waals surface area contributed by atoms with Crippen LogP contribution in [-0.2, 0) is 4.74 Å². The lowest BCUT2D eigenvalue weighted by Crippen LogP contribution is -2.39. The summed E-state index contributed by atoms with van der Waals surface area (Å²) >= 11 is 0. The summed E-state index contributed by atoms with van der Waals surface area (Å²) in [6, 6.07) is 5.58. The maximum absolute atomic E-state index is 5.71. The number of hydrogen-bond donors (Lipinski definition) is 2. The zero-order valence-electron chi connectivity index (χ0n) is 15.2. The second-order valence-electron chi connectivity index (χ2n) is 6.16. The van der Waals surface area contributed by atoms with Crippen molar-refractivity contribution in [2.24, 2.45) is 10.9 Å². The Balaban J connectivity index is 0.00000243. The number of hydrogen-bond acceptors (Lipinski definition) is 5. The highest BCUT2D eigenvalue weighted by atomic mass is 127. The molecule has 0 amide bonds. The van der Waals surface area contributed by atoms with Crippen LogP contribution in [-0.4, -0.2) is 52.7 Å². The van der Waals surface area contributed by atoms with Crippen LogP contribution in [0, 0.1) is 5.92 Å². The number of benzene rings is 1.